The fourth-order valence-electron chi connectivity index (χ4n) is 1.69. The van der Waals surface area contributed by atoms with Crippen LogP contribution in [-0.2, 0) is 6.61 Å². The smallest absolute Gasteiger partial charge is 0.125 e. The van der Waals surface area contributed by atoms with Crippen molar-refractivity contribution in [2.24, 2.45) is 0 Å². The lowest BCUT2D eigenvalue weighted by atomic mass is 10.1. The van der Waals surface area contributed by atoms with E-state index in [1.165, 1.54) is 0 Å². The monoisotopic (exact) mass is 326 g/mol. The zero-order chi connectivity index (χ0) is 13.0. The molecular formula is C14H15BrO2S. The Morgan fingerprint density at radius 3 is 2.83 bits per heavy atom. The number of thiophene rings is 1. The summed E-state index contributed by atoms with van der Waals surface area (Å²) in [5.41, 5.74) is 0.857. The van der Waals surface area contributed by atoms with Crippen LogP contribution >= 0.6 is 27.3 Å². The lowest BCUT2D eigenvalue weighted by Crippen LogP contribution is -2.01. The Bertz CT molecular complexity index is 510. The zero-order valence-corrected chi connectivity index (χ0v) is 12.5. The minimum absolute atomic E-state index is 0.462. The van der Waals surface area contributed by atoms with Gasteiger partial charge in [0.05, 0.1) is 6.10 Å². The molecule has 0 bridgehead atoms. The molecule has 0 fully saturated rings. The summed E-state index contributed by atoms with van der Waals surface area (Å²) in [6.45, 7) is 2.49. The van der Waals surface area contributed by atoms with Gasteiger partial charge in [0.15, 0.2) is 0 Å². The second kappa shape index (κ2) is 6.36. The van der Waals surface area contributed by atoms with E-state index in [1.54, 1.807) is 11.3 Å². The molecule has 2 aromatic rings. The fourth-order valence-corrected chi connectivity index (χ4v) is 3.05. The Morgan fingerprint density at radius 1 is 1.39 bits per heavy atom. The lowest BCUT2D eigenvalue weighted by molar-refractivity contribution is 0.166. The molecule has 0 aliphatic heterocycles. The fraction of sp³-hybridized carbons (Fsp3) is 0.286. The molecule has 18 heavy (non-hydrogen) atoms. The molecule has 1 atom stereocenters. The number of hydrogen-bond donors (Lipinski definition) is 1. The second-order valence-electron chi connectivity index (χ2n) is 3.98. The van der Waals surface area contributed by atoms with Gasteiger partial charge in [-0.15, -0.1) is 11.3 Å². The largest absolute Gasteiger partial charge is 0.488 e. The van der Waals surface area contributed by atoms with Gasteiger partial charge in [0.1, 0.15) is 12.4 Å². The average Bonchev–Trinajstić information content (AvgIpc) is 2.81. The summed E-state index contributed by atoms with van der Waals surface area (Å²) < 4.78 is 6.87. The molecule has 0 spiro atoms. The van der Waals surface area contributed by atoms with Crippen molar-refractivity contribution in [3.05, 3.63) is 50.6 Å². The number of aliphatic hydroxyl groups excluding tert-OH is 1. The summed E-state index contributed by atoms with van der Waals surface area (Å²) >= 11 is 5.08. The van der Waals surface area contributed by atoms with Crippen LogP contribution in [0, 0.1) is 0 Å². The Hall–Kier alpha value is -0.840. The van der Waals surface area contributed by atoms with E-state index in [-0.39, 0.29) is 0 Å². The molecule has 0 amide bonds. The molecule has 1 aromatic carbocycles. The minimum Gasteiger partial charge on any atom is -0.488 e. The number of rotatable bonds is 5. The average molecular weight is 327 g/mol. The predicted molar refractivity (Wildman–Crippen MR) is 78.0 cm³/mol. The van der Waals surface area contributed by atoms with E-state index in [0.717, 1.165) is 20.7 Å². The molecule has 96 valence electrons. The summed E-state index contributed by atoms with van der Waals surface area (Å²) in [6, 6.07) is 9.70. The van der Waals surface area contributed by atoms with E-state index in [4.69, 9.17) is 4.74 Å². The van der Waals surface area contributed by atoms with Crippen LogP contribution in [0.15, 0.2) is 40.2 Å². The molecule has 2 nitrogen and oxygen atoms in total. The predicted octanol–water partition coefficient (Wildman–Crippen LogP) is 4.53. The normalized spacial score (nSPS) is 12.4. The summed E-state index contributed by atoms with van der Waals surface area (Å²) in [5, 5.41) is 12.0. The van der Waals surface area contributed by atoms with Gasteiger partial charge in [-0.3, -0.25) is 0 Å². The maximum Gasteiger partial charge on any atom is 0.125 e. The van der Waals surface area contributed by atoms with E-state index in [0.29, 0.717) is 13.0 Å². The summed E-state index contributed by atoms with van der Waals surface area (Å²) in [6.07, 6.45) is 0.224. The van der Waals surface area contributed by atoms with Gasteiger partial charge in [0.25, 0.3) is 0 Å². The Morgan fingerprint density at radius 2 is 2.17 bits per heavy atom. The maximum atomic E-state index is 9.93. The number of ether oxygens (including phenoxy) is 1. The Kier molecular flexibility index (Phi) is 4.80. The molecule has 0 radical (unpaired) electrons. The standard InChI is InChI=1S/C14H15BrO2S/c1-2-13(16)12-5-3-4-6-14(12)17-8-11-7-10(15)9-18-11/h3-7,9,13,16H,2,8H2,1H3/t13-/m1/s1. The van der Waals surface area contributed by atoms with E-state index < -0.39 is 6.10 Å². The van der Waals surface area contributed by atoms with Gasteiger partial charge in [-0.2, -0.15) is 0 Å². The first-order valence-corrected chi connectivity index (χ1v) is 7.50. The van der Waals surface area contributed by atoms with Gasteiger partial charge in [-0.25, -0.2) is 0 Å². The topological polar surface area (TPSA) is 29.5 Å². The van der Waals surface area contributed by atoms with Crippen molar-refractivity contribution < 1.29 is 9.84 Å². The molecule has 1 aromatic heterocycles. The molecule has 2 rings (SSSR count). The third-order valence-corrected chi connectivity index (χ3v) is 4.33. The van der Waals surface area contributed by atoms with Gasteiger partial charge in [0, 0.05) is 20.3 Å². The van der Waals surface area contributed by atoms with E-state index in [2.05, 4.69) is 15.9 Å². The van der Waals surface area contributed by atoms with Gasteiger partial charge < -0.3 is 9.84 Å². The highest BCUT2D eigenvalue weighted by Crippen LogP contribution is 2.28. The Balaban J connectivity index is 2.09. The minimum atomic E-state index is -0.462. The zero-order valence-electron chi connectivity index (χ0n) is 10.1. The third-order valence-electron chi connectivity index (χ3n) is 2.66. The number of hydrogen-bond acceptors (Lipinski definition) is 3. The van der Waals surface area contributed by atoms with Crippen molar-refractivity contribution in [3.8, 4) is 5.75 Å². The van der Waals surface area contributed by atoms with Crippen LogP contribution in [0.4, 0.5) is 0 Å². The van der Waals surface area contributed by atoms with Crippen molar-refractivity contribution in [1.29, 1.82) is 0 Å². The van der Waals surface area contributed by atoms with Crippen molar-refractivity contribution in [1.82, 2.24) is 0 Å². The number of halogens is 1. The Labute approximate surface area is 119 Å². The maximum absolute atomic E-state index is 9.93. The lowest BCUT2D eigenvalue weighted by Gasteiger charge is -2.14. The molecule has 0 aliphatic rings. The van der Waals surface area contributed by atoms with Gasteiger partial charge in [-0.05, 0) is 34.5 Å². The van der Waals surface area contributed by atoms with Crippen molar-refractivity contribution in [2.75, 3.05) is 0 Å². The van der Waals surface area contributed by atoms with Crippen LogP contribution in [0.2, 0.25) is 0 Å². The first-order valence-electron chi connectivity index (χ1n) is 5.83. The summed E-state index contributed by atoms with van der Waals surface area (Å²) in [7, 11) is 0. The second-order valence-corrected chi connectivity index (χ2v) is 5.89. The quantitative estimate of drug-likeness (QED) is 0.874. The van der Waals surface area contributed by atoms with E-state index in [1.807, 2.05) is 42.6 Å². The van der Waals surface area contributed by atoms with Crippen LogP contribution in [0.5, 0.6) is 5.75 Å². The van der Waals surface area contributed by atoms with Gasteiger partial charge in [0.2, 0.25) is 0 Å². The molecule has 0 unspecified atom stereocenters. The molecule has 0 saturated heterocycles. The van der Waals surface area contributed by atoms with Gasteiger partial charge in [-0.1, -0.05) is 25.1 Å². The summed E-state index contributed by atoms with van der Waals surface area (Å²) in [5.74, 6) is 0.761. The van der Waals surface area contributed by atoms with Crippen LogP contribution in [0.3, 0.4) is 0 Å². The first-order chi connectivity index (χ1) is 8.70. The summed E-state index contributed by atoms with van der Waals surface area (Å²) in [4.78, 5) is 1.16. The van der Waals surface area contributed by atoms with E-state index in [9.17, 15) is 5.11 Å². The number of benzene rings is 1. The molecule has 1 N–H and O–H groups in total. The van der Waals surface area contributed by atoms with Crippen molar-refractivity contribution in [3.63, 3.8) is 0 Å². The van der Waals surface area contributed by atoms with Crippen LogP contribution in [0.1, 0.15) is 29.9 Å². The van der Waals surface area contributed by atoms with Crippen LogP contribution in [0.25, 0.3) is 0 Å². The third kappa shape index (κ3) is 3.34. The van der Waals surface area contributed by atoms with Crippen LogP contribution in [-0.4, -0.2) is 5.11 Å². The van der Waals surface area contributed by atoms with Crippen molar-refractivity contribution in [2.45, 2.75) is 26.1 Å². The van der Waals surface area contributed by atoms with Gasteiger partial charge >= 0.3 is 0 Å². The van der Waals surface area contributed by atoms with Crippen LogP contribution < -0.4 is 4.74 Å². The number of para-hydroxylation sites is 1. The number of aliphatic hydroxyl groups is 1. The highest BCUT2D eigenvalue weighted by atomic mass is 79.9. The SMILES string of the molecule is CC[C@@H](O)c1ccccc1OCc1cc(Br)cs1. The highest BCUT2D eigenvalue weighted by Gasteiger charge is 2.11. The molecule has 4 heteroatoms. The molecule has 0 aliphatic carbocycles. The molecule has 1 heterocycles. The van der Waals surface area contributed by atoms with E-state index >= 15 is 0 Å². The van der Waals surface area contributed by atoms with Crippen molar-refractivity contribution >= 4 is 27.3 Å². The highest BCUT2D eigenvalue weighted by molar-refractivity contribution is 9.10. The molecule has 0 saturated carbocycles. The molecular weight excluding hydrogens is 312 g/mol. The first kappa shape index (κ1) is 13.6.